The molecular weight excluding hydrogens is 310 g/mol. The van der Waals surface area contributed by atoms with Gasteiger partial charge in [0.2, 0.25) is 5.90 Å². The lowest BCUT2D eigenvalue weighted by Gasteiger charge is -2.26. The number of rotatable bonds is 2. The number of amides is 1. The van der Waals surface area contributed by atoms with Crippen LogP contribution >= 0.6 is 0 Å². The Hall–Kier alpha value is -3.48. The minimum Gasteiger partial charge on any atom is -0.438 e. The summed E-state index contributed by atoms with van der Waals surface area (Å²) >= 11 is 0. The number of carbonyl (C=O) groups excluding carboxylic acids is 1. The highest BCUT2D eigenvalue weighted by Crippen LogP contribution is 2.31. The van der Waals surface area contributed by atoms with Gasteiger partial charge < -0.3 is 10.1 Å². The molecule has 0 aliphatic carbocycles. The quantitative estimate of drug-likeness (QED) is 0.679. The van der Waals surface area contributed by atoms with E-state index in [1.807, 2.05) is 18.2 Å². The predicted octanol–water partition coefficient (Wildman–Crippen LogP) is 2.60. The second-order valence-corrected chi connectivity index (χ2v) is 5.36. The number of fused-ring (bicyclic) bond motifs is 2. The molecule has 2 heterocycles. The average Bonchev–Trinajstić information content (AvgIpc) is 2.60. The largest absolute Gasteiger partial charge is 0.438 e. The van der Waals surface area contributed by atoms with Gasteiger partial charge >= 0.3 is 0 Å². The third-order valence-corrected chi connectivity index (χ3v) is 3.83. The molecule has 0 radical (unpaired) electrons. The van der Waals surface area contributed by atoms with Crippen molar-refractivity contribution in [2.75, 3.05) is 0 Å². The van der Waals surface area contributed by atoms with E-state index in [4.69, 9.17) is 4.74 Å². The zero-order valence-corrected chi connectivity index (χ0v) is 12.3. The number of non-ortho nitro benzene ring substituents is 1. The van der Waals surface area contributed by atoms with Gasteiger partial charge in [-0.1, -0.05) is 18.2 Å². The van der Waals surface area contributed by atoms with E-state index in [0.717, 1.165) is 5.56 Å². The summed E-state index contributed by atoms with van der Waals surface area (Å²) in [6.07, 6.45) is 1.09. The van der Waals surface area contributed by atoms with E-state index in [2.05, 4.69) is 10.3 Å². The molecule has 7 heteroatoms. The first-order valence-electron chi connectivity index (χ1n) is 7.24. The summed E-state index contributed by atoms with van der Waals surface area (Å²) in [6.45, 7) is 0. The highest BCUT2D eigenvalue weighted by atomic mass is 16.6. The van der Waals surface area contributed by atoms with Gasteiger partial charge in [-0.25, -0.2) is 4.99 Å². The van der Waals surface area contributed by atoms with Crippen LogP contribution in [0.25, 0.3) is 6.08 Å². The van der Waals surface area contributed by atoms with Crippen LogP contribution in [-0.4, -0.2) is 16.7 Å². The van der Waals surface area contributed by atoms with Gasteiger partial charge in [0.25, 0.3) is 11.6 Å². The fourth-order valence-corrected chi connectivity index (χ4v) is 2.62. The first kappa shape index (κ1) is 14.1. The minimum absolute atomic E-state index is 0.0167. The van der Waals surface area contributed by atoms with Crippen molar-refractivity contribution in [3.05, 3.63) is 75.3 Å². The normalized spacial score (nSPS) is 18.3. The Morgan fingerprint density at radius 2 is 1.88 bits per heavy atom. The maximum absolute atomic E-state index is 12.3. The number of nitro benzene ring substituents is 1. The van der Waals surface area contributed by atoms with Crippen LogP contribution in [0.4, 0.5) is 5.69 Å². The van der Waals surface area contributed by atoms with Gasteiger partial charge in [-0.3, -0.25) is 14.9 Å². The van der Waals surface area contributed by atoms with Gasteiger partial charge in [-0.15, -0.1) is 0 Å². The molecule has 2 aromatic rings. The Kier molecular flexibility index (Phi) is 3.13. The van der Waals surface area contributed by atoms with Crippen molar-refractivity contribution in [2.24, 2.45) is 4.99 Å². The summed E-state index contributed by atoms with van der Waals surface area (Å²) in [5.41, 5.74) is 1.81. The smallest absolute Gasteiger partial charge is 0.269 e. The minimum atomic E-state index is -0.643. The number of benzene rings is 2. The monoisotopic (exact) mass is 321 g/mol. The third-order valence-electron chi connectivity index (χ3n) is 3.83. The highest BCUT2D eigenvalue weighted by molar-refractivity contribution is 6.24. The van der Waals surface area contributed by atoms with Crippen molar-refractivity contribution in [2.45, 2.75) is 6.17 Å². The molecule has 1 amide bonds. The van der Waals surface area contributed by atoms with E-state index in [1.54, 1.807) is 24.3 Å². The van der Waals surface area contributed by atoms with Crippen molar-refractivity contribution < 1.29 is 14.5 Å². The first-order valence-corrected chi connectivity index (χ1v) is 7.24. The number of nitro groups is 1. The zero-order valence-electron chi connectivity index (χ0n) is 12.3. The molecule has 4 rings (SSSR count). The molecule has 1 unspecified atom stereocenters. The van der Waals surface area contributed by atoms with Crippen molar-refractivity contribution >= 4 is 23.6 Å². The van der Waals surface area contributed by atoms with Crippen molar-refractivity contribution in [1.82, 2.24) is 5.32 Å². The summed E-state index contributed by atoms with van der Waals surface area (Å²) in [7, 11) is 0. The molecule has 2 aliphatic heterocycles. The zero-order chi connectivity index (χ0) is 16.7. The SMILES string of the molecule is O=C1NC(c2ccc([N+](=O)[O-])cc2)N=C2Oc3ccccc3C=C12. The number of ether oxygens (including phenoxy) is 1. The fourth-order valence-electron chi connectivity index (χ4n) is 2.62. The van der Waals surface area contributed by atoms with Gasteiger partial charge in [0.1, 0.15) is 11.3 Å². The summed E-state index contributed by atoms with van der Waals surface area (Å²) < 4.78 is 5.73. The van der Waals surface area contributed by atoms with Crippen LogP contribution in [0.3, 0.4) is 0 Å². The summed E-state index contributed by atoms with van der Waals surface area (Å²) in [4.78, 5) is 27.0. The molecule has 2 aliphatic rings. The van der Waals surface area contributed by atoms with Gasteiger partial charge in [0.15, 0.2) is 6.17 Å². The lowest BCUT2D eigenvalue weighted by Crippen LogP contribution is -2.39. The van der Waals surface area contributed by atoms with E-state index in [1.165, 1.54) is 12.1 Å². The standard InChI is InChI=1S/C17H11N3O4/c21-16-13-9-11-3-1-2-4-14(11)24-17(13)19-15(18-16)10-5-7-12(8-6-10)20(22)23/h1-9,15H,(H,18,21). The van der Waals surface area contributed by atoms with Crippen molar-refractivity contribution in [3.63, 3.8) is 0 Å². The Balaban J connectivity index is 1.70. The molecule has 24 heavy (non-hydrogen) atoms. The average molecular weight is 321 g/mol. The summed E-state index contributed by atoms with van der Waals surface area (Å²) in [6, 6.07) is 13.3. The van der Waals surface area contributed by atoms with Crippen LogP contribution in [0.15, 0.2) is 59.1 Å². The number of carbonyl (C=O) groups is 1. The van der Waals surface area contributed by atoms with Gasteiger partial charge in [0, 0.05) is 17.7 Å². The highest BCUT2D eigenvalue weighted by Gasteiger charge is 2.31. The Bertz CT molecular complexity index is 916. The topological polar surface area (TPSA) is 93.8 Å². The lowest BCUT2D eigenvalue weighted by molar-refractivity contribution is -0.384. The van der Waals surface area contributed by atoms with Gasteiger partial charge in [-0.05, 0) is 29.8 Å². The second-order valence-electron chi connectivity index (χ2n) is 5.36. The maximum atomic E-state index is 12.3. The summed E-state index contributed by atoms with van der Waals surface area (Å²) in [5, 5.41) is 13.5. The summed E-state index contributed by atoms with van der Waals surface area (Å²) in [5.74, 6) is 0.593. The molecule has 0 aromatic heterocycles. The van der Waals surface area contributed by atoms with E-state index in [9.17, 15) is 14.9 Å². The number of para-hydroxylation sites is 1. The van der Waals surface area contributed by atoms with Crippen molar-refractivity contribution in [3.8, 4) is 5.75 Å². The second kappa shape index (κ2) is 5.31. The van der Waals surface area contributed by atoms with Crippen molar-refractivity contribution in [1.29, 1.82) is 0 Å². The molecule has 0 bridgehead atoms. The number of hydrogen-bond acceptors (Lipinski definition) is 5. The molecule has 0 fully saturated rings. The molecule has 7 nitrogen and oxygen atoms in total. The Labute approximate surface area is 136 Å². The van der Waals surface area contributed by atoms with E-state index < -0.39 is 11.1 Å². The molecule has 0 spiro atoms. The van der Waals surface area contributed by atoms with Crippen LogP contribution < -0.4 is 10.1 Å². The number of nitrogens with zero attached hydrogens (tertiary/aromatic N) is 2. The molecular formula is C17H11N3O4. The lowest BCUT2D eigenvalue weighted by atomic mass is 10.0. The van der Waals surface area contributed by atoms with Crippen LogP contribution in [-0.2, 0) is 4.79 Å². The molecule has 2 aromatic carbocycles. The molecule has 0 saturated carbocycles. The van der Waals surface area contributed by atoms with E-state index in [-0.39, 0.29) is 17.5 Å². The van der Waals surface area contributed by atoms with Gasteiger partial charge in [-0.2, -0.15) is 0 Å². The molecule has 0 saturated heterocycles. The van der Waals surface area contributed by atoms with Crippen LogP contribution in [0.2, 0.25) is 0 Å². The number of hydrogen-bond donors (Lipinski definition) is 1. The van der Waals surface area contributed by atoms with Crippen LogP contribution in [0.5, 0.6) is 5.75 Å². The Morgan fingerprint density at radius 3 is 2.62 bits per heavy atom. The fraction of sp³-hybridized carbons (Fsp3) is 0.0588. The molecule has 1 N–H and O–H groups in total. The predicted molar refractivity (Wildman–Crippen MR) is 86.5 cm³/mol. The number of nitrogens with one attached hydrogen (secondary N) is 1. The molecule has 1 atom stereocenters. The van der Waals surface area contributed by atoms with Crippen LogP contribution in [0.1, 0.15) is 17.3 Å². The van der Waals surface area contributed by atoms with Gasteiger partial charge in [0.05, 0.1) is 4.92 Å². The van der Waals surface area contributed by atoms with Crippen LogP contribution in [0, 0.1) is 10.1 Å². The molecule has 118 valence electrons. The number of aliphatic imine (C=N–C) groups is 1. The first-order chi connectivity index (χ1) is 11.6. The van der Waals surface area contributed by atoms with E-state index >= 15 is 0 Å². The third kappa shape index (κ3) is 2.32. The van der Waals surface area contributed by atoms with E-state index in [0.29, 0.717) is 16.9 Å². The maximum Gasteiger partial charge on any atom is 0.269 e. The Morgan fingerprint density at radius 1 is 1.12 bits per heavy atom.